The molecule has 2 aromatic carbocycles. The van der Waals surface area contributed by atoms with Crippen LogP contribution in [0.2, 0.25) is 0 Å². The zero-order chi connectivity index (χ0) is 25.4. The molecule has 2 rings (SSSR count). The lowest BCUT2D eigenvalue weighted by atomic mass is 10.1. The Kier molecular flexibility index (Phi) is 9.30. The van der Waals surface area contributed by atoms with Gasteiger partial charge in [0.2, 0.25) is 21.8 Å². The van der Waals surface area contributed by atoms with Gasteiger partial charge < -0.3 is 21.1 Å². The van der Waals surface area contributed by atoms with Crippen molar-refractivity contribution in [2.45, 2.75) is 43.9 Å². The van der Waals surface area contributed by atoms with Gasteiger partial charge in [-0.1, -0.05) is 42.5 Å². The number of hydrogen-bond donors (Lipinski definition) is 5. The highest BCUT2D eigenvalue weighted by atomic mass is 32.2. The van der Waals surface area contributed by atoms with Crippen molar-refractivity contribution in [3.05, 3.63) is 65.7 Å². The molecule has 10 nitrogen and oxygen atoms in total. The minimum Gasteiger partial charge on any atom is -0.384 e. The molecule has 6 N–H and O–H groups in total. The van der Waals surface area contributed by atoms with E-state index in [1.807, 2.05) is 0 Å². The molecule has 34 heavy (non-hydrogen) atoms. The van der Waals surface area contributed by atoms with E-state index >= 15 is 0 Å². The first-order valence-electron chi connectivity index (χ1n) is 10.6. The lowest BCUT2D eigenvalue weighted by Crippen LogP contribution is -2.51. The maximum Gasteiger partial charge on any atom is 0.241 e. The van der Waals surface area contributed by atoms with E-state index in [9.17, 15) is 18.0 Å². The number of nitrogens with one attached hydrogen (secondary N) is 4. The van der Waals surface area contributed by atoms with Gasteiger partial charge in [-0.15, -0.1) is 0 Å². The third kappa shape index (κ3) is 8.93. The lowest BCUT2D eigenvalue weighted by Gasteiger charge is -2.24. The average molecular weight is 490 g/mol. The van der Waals surface area contributed by atoms with Crippen LogP contribution in [0.25, 0.3) is 0 Å². The molecule has 0 fully saturated rings. The van der Waals surface area contributed by atoms with Gasteiger partial charge in [0.15, 0.2) is 0 Å². The largest absolute Gasteiger partial charge is 0.384 e. The molecule has 0 saturated carbocycles. The SMILES string of the molecule is CC(C)(C)OC[C@@H](NS(=O)(=O)c1ccccc1)C(=O)NCC(=O)NCc1ccc(C(=N)N)cc1. The van der Waals surface area contributed by atoms with E-state index in [0.29, 0.717) is 5.56 Å². The molecule has 0 aromatic heterocycles. The van der Waals surface area contributed by atoms with E-state index < -0.39 is 33.5 Å². The second-order valence-corrected chi connectivity index (χ2v) is 10.2. The molecule has 184 valence electrons. The zero-order valence-corrected chi connectivity index (χ0v) is 20.2. The van der Waals surface area contributed by atoms with Crippen LogP contribution in [-0.2, 0) is 30.9 Å². The lowest BCUT2D eigenvalue weighted by molar-refractivity contribution is -0.129. The van der Waals surface area contributed by atoms with Crippen molar-refractivity contribution in [3.63, 3.8) is 0 Å². The topological polar surface area (TPSA) is 163 Å². The second-order valence-electron chi connectivity index (χ2n) is 8.52. The number of nitrogen functional groups attached to an aromatic ring is 1. The Hall–Kier alpha value is -3.28. The summed E-state index contributed by atoms with van der Waals surface area (Å²) in [6.45, 7) is 5.00. The summed E-state index contributed by atoms with van der Waals surface area (Å²) in [6.07, 6.45) is 0. The number of benzene rings is 2. The Morgan fingerprint density at radius 3 is 2.21 bits per heavy atom. The Morgan fingerprint density at radius 2 is 1.65 bits per heavy atom. The molecule has 0 spiro atoms. The van der Waals surface area contributed by atoms with Gasteiger partial charge in [-0.25, -0.2) is 8.42 Å². The molecule has 2 aromatic rings. The molecule has 0 radical (unpaired) electrons. The van der Waals surface area contributed by atoms with E-state index in [0.717, 1.165) is 5.56 Å². The van der Waals surface area contributed by atoms with Crippen LogP contribution in [0.15, 0.2) is 59.5 Å². The monoisotopic (exact) mass is 489 g/mol. The minimum absolute atomic E-state index is 0.0112. The normalized spacial score (nSPS) is 12.6. The van der Waals surface area contributed by atoms with Crippen LogP contribution in [0.1, 0.15) is 31.9 Å². The van der Waals surface area contributed by atoms with E-state index in [4.69, 9.17) is 15.9 Å². The third-order valence-electron chi connectivity index (χ3n) is 4.53. The van der Waals surface area contributed by atoms with Crippen molar-refractivity contribution in [3.8, 4) is 0 Å². The zero-order valence-electron chi connectivity index (χ0n) is 19.4. The fourth-order valence-electron chi connectivity index (χ4n) is 2.71. The molecule has 0 unspecified atom stereocenters. The third-order valence-corrected chi connectivity index (χ3v) is 6.02. The van der Waals surface area contributed by atoms with Crippen LogP contribution in [0, 0.1) is 5.41 Å². The molecular formula is C23H31N5O5S. The molecule has 0 saturated heterocycles. The molecule has 0 aliphatic carbocycles. The maximum atomic E-state index is 12.7. The van der Waals surface area contributed by atoms with Crippen molar-refractivity contribution in [1.29, 1.82) is 5.41 Å². The quantitative estimate of drug-likeness (QED) is 0.232. The van der Waals surface area contributed by atoms with Crippen molar-refractivity contribution in [1.82, 2.24) is 15.4 Å². The predicted octanol–water partition coefficient (Wildman–Crippen LogP) is 0.865. The summed E-state index contributed by atoms with van der Waals surface area (Å²) < 4.78 is 33.4. The summed E-state index contributed by atoms with van der Waals surface area (Å²) in [5.41, 5.74) is 6.17. The van der Waals surface area contributed by atoms with Crippen LogP contribution in [-0.4, -0.2) is 50.9 Å². The van der Waals surface area contributed by atoms with Crippen LogP contribution in [0.4, 0.5) is 0 Å². The van der Waals surface area contributed by atoms with E-state index in [2.05, 4.69) is 15.4 Å². The van der Waals surface area contributed by atoms with Gasteiger partial charge in [0.1, 0.15) is 11.9 Å². The number of carbonyl (C=O) groups is 2. The molecular weight excluding hydrogens is 458 g/mol. The second kappa shape index (κ2) is 11.7. The number of rotatable bonds is 11. The highest BCUT2D eigenvalue weighted by Crippen LogP contribution is 2.11. The average Bonchev–Trinajstić information content (AvgIpc) is 2.79. The van der Waals surface area contributed by atoms with Gasteiger partial charge in [-0.3, -0.25) is 15.0 Å². The Bertz CT molecular complexity index is 1100. The molecule has 11 heteroatoms. The number of nitrogens with two attached hydrogens (primary N) is 1. The Labute approximate surface area is 199 Å². The van der Waals surface area contributed by atoms with Crippen molar-refractivity contribution in [2.24, 2.45) is 5.73 Å². The van der Waals surface area contributed by atoms with Crippen molar-refractivity contribution >= 4 is 27.7 Å². The summed E-state index contributed by atoms with van der Waals surface area (Å²) in [7, 11) is -3.98. The van der Waals surface area contributed by atoms with Crippen molar-refractivity contribution in [2.75, 3.05) is 13.2 Å². The summed E-state index contributed by atoms with van der Waals surface area (Å²) >= 11 is 0. The molecule has 0 aliphatic heterocycles. The smallest absolute Gasteiger partial charge is 0.241 e. The highest BCUT2D eigenvalue weighted by Gasteiger charge is 2.28. The fraction of sp³-hybridized carbons (Fsp3) is 0.348. The number of amidine groups is 1. The molecule has 2 amide bonds. The summed E-state index contributed by atoms with van der Waals surface area (Å²) in [5, 5.41) is 12.5. The number of carbonyl (C=O) groups excluding carboxylic acids is 2. The molecule has 1 atom stereocenters. The Morgan fingerprint density at radius 1 is 1.03 bits per heavy atom. The molecule has 0 aliphatic rings. The van der Waals surface area contributed by atoms with E-state index in [1.165, 1.54) is 12.1 Å². The number of sulfonamides is 1. The van der Waals surface area contributed by atoms with Gasteiger partial charge in [-0.05, 0) is 38.5 Å². The van der Waals surface area contributed by atoms with Crippen molar-refractivity contribution < 1.29 is 22.7 Å². The van der Waals surface area contributed by atoms with Gasteiger partial charge >= 0.3 is 0 Å². The molecule has 0 heterocycles. The van der Waals surface area contributed by atoms with Crippen LogP contribution < -0.4 is 21.1 Å². The van der Waals surface area contributed by atoms with Crippen LogP contribution >= 0.6 is 0 Å². The minimum atomic E-state index is -3.98. The summed E-state index contributed by atoms with van der Waals surface area (Å²) in [5.74, 6) is -1.19. The number of hydrogen-bond acceptors (Lipinski definition) is 6. The van der Waals surface area contributed by atoms with E-state index in [1.54, 1.807) is 63.2 Å². The standard InChI is InChI=1S/C23H31N5O5S/c1-23(2,3)33-15-19(28-34(31,32)18-7-5-4-6-8-18)22(30)27-14-20(29)26-13-16-9-11-17(12-10-16)21(24)25/h4-12,19,28H,13-15H2,1-3H3,(H3,24,25)(H,26,29)(H,27,30)/t19-/m1/s1. The van der Waals surface area contributed by atoms with Crippen LogP contribution in [0.5, 0.6) is 0 Å². The van der Waals surface area contributed by atoms with Gasteiger partial charge in [0.05, 0.1) is 23.6 Å². The van der Waals surface area contributed by atoms with E-state index in [-0.39, 0.29) is 30.4 Å². The Balaban J connectivity index is 1.96. The number of amides is 2. The van der Waals surface area contributed by atoms with Gasteiger partial charge in [-0.2, -0.15) is 4.72 Å². The number of ether oxygens (including phenoxy) is 1. The van der Waals surface area contributed by atoms with Gasteiger partial charge in [0.25, 0.3) is 0 Å². The fourth-order valence-corrected chi connectivity index (χ4v) is 3.91. The predicted molar refractivity (Wildman–Crippen MR) is 129 cm³/mol. The highest BCUT2D eigenvalue weighted by molar-refractivity contribution is 7.89. The first-order chi connectivity index (χ1) is 15.9. The van der Waals surface area contributed by atoms with Gasteiger partial charge in [0, 0.05) is 12.1 Å². The summed E-state index contributed by atoms with van der Waals surface area (Å²) in [6, 6.07) is 13.2. The first-order valence-corrected chi connectivity index (χ1v) is 12.0. The summed E-state index contributed by atoms with van der Waals surface area (Å²) in [4.78, 5) is 24.9. The molecule has 0 bridgehead atoms. The van der Waals surface area contributed by atoms with Crippen LogP contribution in [0.3, 0.4) is 0 Å². The first kappa shape index (κ1) is 27.0. The maximum absolute atomic E-state index is 12.7.